The van der Waals surface area contributed by atoms with Gasteiger partial charge in [-0.05, 0) is 47.9 Å². The van der Waals surface area contributed by atoms with Crippen molar-refractivity contribution in [2.24, 2.45) is 5.16 Å². The van der Waals surface area contributed by atoms with Crippen LogP contribution in [0.5, 0.6) is 11.5 Å². The molecular weight excluding hydrogens is 610 g/mol. The average molecular weight is 633 g/mol. The minimum atomic E-state index is -4.84. The second-order valence-electron chi connectivity index (χ2n) is 10.1. The number of oxime groups is 1. The Balaban J connectivity index is 1.60. The van der Waals surface area contributed by atoms with E-state index in [9.17, 15) is 26.7 Å². The van der Waals surface area contributed by atoms with Gasteiger partial charge in [0.05, 0.1) is 22.2 Å². The van der Waals surface area contributed by atoms with E-state index in [1.807, 2.05) is 0 Å². The summed E-state index contributed by atoms with van der Waals surface area (Å²) in [5.41, 5.74) is -0.528. The van der Waals surface area contributed by atoms with Crippen molar-refractivity contribution in [3.63, 3.8) is 0 Å². The fourth-order valence-corrected chi connectivity index (χ4v) is 6.92. The lowest BCUT2D eigenvalue weighted by molar-refractivity contribution is -0.286. The number of rotatable bonds is 6. The zero-order valence-corrected chi connectivity index (χ0v) is 23.9. The van der Waals surface area contributed by atoms with Crippen LogP contribution in [0.15, 0.2) is 81.7 Å². The fourth-order valence-electron chi connectivity index (χ4n) is 5.55. The van der Waals surface area contributed by atoms with E-state index < -0.39 is 47.4 Å². The molecule has 4 aromatic rings. The highest BCUT2D eigenvalue weighted by atomic mass is 32.2. The van der Waals surface area contributed by atoms with Crippen molar-refractivity contribution in [2.45, 2.75) is 36.9 Å². The first kappa shape index (κ1) is 29.7. The van der Waals surface area contributed by atoms with E-state index in [1.165, 1.54) is 48.6 Å². The molecule has 44 heavy (non-hydrogen) atoms. The van der Waals surface area contributed by atoms with Crippen molar-refractivity contribution in [1.29, 1.82) is 0 Å². The van der Waals surface area contributed by atoms with Crippen LogP contribution in [0.1, 0.15) is 33.9 Å². The highest BCUT2D eigenvalue weighted by molar-refractivity contribution is 7.99. The number of aromatic nitrogens is 1. The van der Waals surface area contributed by atoms with Gasteiger partial charge in [0.2, 0.25) is 0 Å². The second-order valence-corrected chi connectivity index (χ2v) is 11.1. The quantitative estimate of drug-likeness (QED) is 0.125. The Morgan fingerprint density at radius 3 is 2.48 bits per heavy atom. The molecule has 0 saturated heterocycles. The molecule has 0 aliphatic carbocycles. The lowest BCUT2D eigenvalue weighted by atomic mass is 9.92. The van der Waals surface area contributed by atoms with E-state index >= 15 is 4.39 Å². The molecule has 0 amide bonds. The maximum absolute atomic E-state index is 15.1. The molecule has 1 aromatic heterocycles. The van der Waals surface area contributed by atoms with Crippen LogP contribution in [-0.2, 0) is 17.4 Å². The first-order chi connectivity index (χ1) is 20.9. The predicted molar refractivity (Wildman–Crippen MR) is 151 cm³/mol. The molecule has 2 aliphatic heterocycles. The van der Waals surface area contributed by atoms with Crippen LogP contribution >= 0.6 is 11.8 Å². The smallest absolute Gasteiger partial charge is 0.399 e. The number of ether oxygens (including phenoxy) is 2. The predicted octanol–water partition coefficient (Wildman–Crippen LogP) is 7.59. The van der Waals surface area contributed by atoms with Crippen LogP contribution in [-0.4, -0.2) is 29.4 Å². The highest BCUT2D eigenvalue weighted by Crippen LogP contribution is 2.45. The van der Waals surface area contributed by atoms with Gasteiger partial charge in [0.1, 0.15) is 18.6 Å². The van der Waals surface area contributed by atoms with Crippen molar-refractivity contribution < 1.29 is 40.7 Å². The van der Waals surface area contributed by atoms with Gasteiger partial charge in [-0.15, -0.1) is 20.5 Å². The average Bonchev–Trinajstić information content (AvgIpc) is 3.54. The Kier molecular flexibility index (Phi) is 7.39. The van der Waals surface area contributed by atoms with Gasteiger partial charge in [0.15, 0.2) is 11.5 Å². The van der Waals surface area contributed by atoms with Crippen molar-refractivity contribution in [1.82, 2.24) is 4.57 Å². The summed E-state index contributed by atoms with van der Waals surface area (Å²) in [5, 5.41) is 4.53. The van der Waals surface area contributed by atoms with Crippen LogP contribution in [0, 0.1) is 12.7 Å². The molecule has 0 bridgehead atoms. The molecule has 0 fully saturated rings. The number of hydrogen-bond acceptors (Lipinski definition) is 6. The Morgan fingerprint density at radius 2 is 1.77 bits per heavy atom. The zero-order chi connectivity index (χ0) is 31.4. The number of alkyl halides is 5. The van der Waals surface area contributed by atoms with E-state index in [-0.39, 0.29) is 39.5 Å². The van der Waals surface area contributed by atoms with Crippen LogP contribution in [0.25, 0.3) is 11.1 Å². The lowest BCUT2D eigenvalue weighted by Gasteiger charge is -2.22. The van der Waals surface area contributed by atoms with E-state index in [0.717, 1.165) is 18.2 Å². The Morgan fingerprint density at radius 1 is 1.05 bits per heavy atom. The van der Waals surface area contributed by atoms with Gasteiger partial charge < -0.3 is 14.3 Å². The second kappa shape index (κ2) is 11.0. The lowest BCUT2D eigenvalue weighted by Crippen LogP contribution is -2.32. The SMILES string of the molecule is CO/N=C(\c1ccccc1)C1CSc2c(Cc3c(F)cccc3C(F)(F)F)c(C)c(-c3ccc4c(c3)OC(F)(F)O4)c(=O)n21. The molecular formula is C31H22F6N2O4S. The molecule has 0 N–H and O–H groups in total. The van der Waals surface area contributed by atoms with E-state index in [0.29, 0.717) is 16.3 Å². The van der Waals surface area contributed by atoms with Crippen LogP contribution < -0.4 is 15.0 Å². The number of pyridine rings is 1. The molecule has 3 aromatic carbocycles. The third kappa shape index (κ3) is 5.18. The highest BCUT2D eigenvalue weighted by Gasteiger charge is 2.44. The molecule has 2 aliphatic rings. The minimum Gasteiger partial charge on any atom is -0.399 e. The Hall–Kier alpha value is -4.39. The molecule has 1 unspecified atom stereocenters. The summed E-state index contributed by atoms with van der Waals surface area (Å²) >= 11 is 1.22. The number of hydrogen-bond donors (Lipinski definition) is 0. The van der Waals surface area contributed by atoms with Gasteiger partial charge in [0, 0.05) is 23.3 Å². The molecule has 3 heterocycles. The summed E-state index contributed by atoms with van der Waals surface area (Å²) < 4.78 is 95.2. The number of halogens is 6. The number of benzene rings is 3. The van der Waals surface area contributed by atoms with Gasteiger partial charge in [-0.1, -0.05) is 47.6 Å². The molecule has 6 rings (SSSR count). The monoisotopic (exact) mass is 632 g/mol. The largest absolute Gasteiger partial charge is 0.586 e. The summed E-state index contributed by atoms with van der Waals surface area (Å²) in [6, 6.07) is 14.7. The van der Waals surface area contributed by atoms with E-state index in [2.05, 4.69) is 14.6 Å². The Bertz CT molecular complexity index is 1860. The van der Waals surface area contributed by atoms with Gasteiger partial charge >= 0.3 is 12.5 Å². The topological polar surface area (TPSA) is 62.0 Å². The normalized spacial score (nSPS) is 17.1. The minimum absolute atomic E-state index is 0.0209. The Labute approximate surface area is 250 Å². The van der Waals surface area contributed by atoms with Crippen molar-refractivity contribution in [2.75, 3.05) is 12.9 Å². The van der Waals surface area contributed by atoms with Crippen LogP contribution in [0.2, 0.25) is 0 Å². The molecule has 0 spiro atoms. The summed E-state index contributed by atoms with van der Waals surface area (Å²) in [5.74, 6) is -1.35. The molecule has 0 radical (unpaired) electrons. The molecule has 228 valence electrons. The molecule has 13 heteroatoms. The van der Waals surface area contributed by atoms with Crippen molar-refractivity contribution in [3.8, 4) is 22.6 Å². The number of fused-ring (bicyclic) bond motifs is 2. The van der Waals surface area contributed by atoms with Gasteiger partial charge in [0.25, 0.3) is 5.56 Å². The molecule has 1 atom stereocenters. The van der Waals surface area contributed by atoms with Crippen LogP contribution in [0.3, 0.4) is 0 Å². The van der Waals surface area contributed by atoms with Gasteiger partial charge in [-0.3, -0.25) is 9.36 Å². The van der Waals surface area contributed by atoms with Gasteiger partial charge in [-0.25, -0.2) is 4.39 Å². The summed E-state index contributed by atoms with van der Waals surface area (Å²) in [6.45, 7) is 1.54. The van der Waals surface area contributed by atoms with E-state index in [1.54, 1.807) is 30.3 Å². The number of nitrogens with zero attached hydrogens (tertiary/aromatic N) is 2. The zero-order valence-electron chi connectivity index (χ0n) is 23.0. The summed E-state index contributed by atoms with van der Waals surface area (Å²) in [7, 11) is 1.35. The molecule has 6 nitrogen and oxygen atoms in total. The third-order valence-electron chi connectivity index (χ3n) is 7.47. The fraction of sp³-hybridized carbons (Fsp3) is 0.226. The first-order valence-electron chi connectivity index (χ1n) is 13.2. The molecule has 0 saturated carbocycles. The summed E-state index contributed by atoms with van der Waals surface area (Å²) in [6.07, 6.45) is -9.25. The van der Waals surface area contributed by atoms with Crippen molar-refractivity contribution in [3.05, 3.63) is 111 Å². The number of thioether (sulfide) groups is 1. The van der Waals surface area contributed by atoms with Gasteiger partial charge in [-0.2, -0.15) is 13.2 Å². The standard InChI is InChI=1S/C31H22F6N2O4S/c1-16-19(14-20-21(30(33,34)35)9-6-10-22(20)32)29-39(23(15-44-29)27(38-41-2)17-7-4-3-5-8-17)28(40)26(16)18-11-12-24-25(13-18)43-31(36,37)42-24/h3-13,23H,14-15H2,1-2H3/b38-27+. The van der Waals surface area contributed by atoms with Crippen molar-refractivity contribution >= 4 is 17.5 Å². The maximum Gasteiger partial charge on any atom is 0.586 e. The van der Waals surface area contributed by atoms with Crippen LogP contribution in [0.4, 0.5) is 26.3 Å². The summed E-state index contributed by atoms with van der Waals surface area (Å²) in [4.78, 5) is 19.5. The maximum atomic E-state index is 15.1. The van der Waals surface area contributed by atoms with E-state index in [4.69, 9.17) is 4.84 Å². The third-order valence-corrected chi connectivity index (χ3v) is 8.67. The first-order valence-corrected chi connectivity index (χ1v) is 14.2.